The fourth-order valence-electron chi connectivity index (χ4n) is 2.79. The van der Waals surface area contributed by atoms with E-state index in [2.05, 4.69) is 16.0 Å². The summed E-state index contributed by atoms with van der Waals surface area (Å²) in [5.74, 6) is 2.09. The van der Waals surface area contributed by atoms with Gasteiger partial charge in [-0.15, -0.1) is 6.42 Å². The van der Waals surface area contributed by atoms with Crippen LogP contribution in [0.15, 0.2) is 29.2 Å². The zero-order valence-corrected chi connectivity index (χ0v) is 16.6. The van der Waals surface area contributed by atoms with Crippen molar-refractivity contribution in [2.45, 2.75) is 17.7 Å². The molecule has 10 heteroatoms. The van der Waals surface area contributed by atoms with E-state index >= 15 is 0 Å². The van der Waals surface area contributed by atoms with Crippen LogP contribution in [0.25, 0.3) is 0 Å². The van der Waals surface area contributed by atoms with Crippen molar-refractivity contribution in [2.24, 2.45) is 5.92 Å². The minimum absolute atomic E-state index is 0.0300. The van der Waals surface area contributed by atoms with Crippen molar-refractivity contribution < 1.29 is 21.6 Å². The normalized spacial score (nSPS) is 16.6. The summed E-state index contributed by atoms with van der Waals surface area (Å²) in [7, 11) is -6.85. The largest absolute Gasteiger partial charge is 0.352 e. The van der Waals surface area contributed by atoms with Gasteiger partial charge >= 0.3 is 0 Å². The van der Waals surface area contributed by atoms with Crippen LogP contribution in [0, 0.1) is 18.3 Å². The molecule has 8 nitrogen and oxygen atoms in total. The summed E-state index contributed by atoms with van der Waals surface area (Å²) in [6.07, 6.45) is 7.61. The van der Waals surface area contributed by atoms with E-state index in [1.165, 1.54) is 34.8 Å². The van der Waals surface area contributed by atoms with E-state index in [0.29, 0.717) is 38.0 Å². The van der Waals surface area contributed by atoms with Crippen molar-refractivity contribution in [1.29, 1.82) is 0 Å². The molecule has 1 amide bonds. The highest BCUT2D eigenvalue weighted by atomic mass is 32.2. The number of piperidine rings is 1. The summed E-state index contributed by atoms with van der Waals surface area (Å²) in [5.41, 5.74) is 0.347. The molecule has 1 saturated heterocycles. The first-order valence-electron chi connectivity index (χ1n) is 8.40. The van der Waals surface area contributed by atoms with Crippen molar-refractivity contribution in [2.75, 3.05) is 32.4 Å². The Bertz CT molecular complexity index is 910. The molecule has 1 heterocycles. The summed E-state index contributed by atoms with van der Waals surface area (Å²) in [6.45, 7) is 1.25. The molecule has 2 rings (SSSR count). The Labute approximate surface area is 160 Å². The molecule has 0 atom stereocenters. The number of nitrogens with zero attached hydrogens (tertiary/aromatic N) is 1. The van der Waals surface area contributed by atoms with Gasteiger partial charge in [0, 0.05) is 25.2 Å². The van der Waals surface area contributed by atoms with Crippen molar-refractivity contribution in [3.63, 3.8) is 0 Å². The number of rotatable bonds is 7. The number of carbonyl (C=O) groups excluding carboxylic acids is 1. The van der Waals surface area contributed by atoms with Crippen LogP contribution in [-0.4, -0.2) is 59.5 Å². The van der Waals surface area contributed by atoms with Crippen molar-refractivity contribution >= 4 is 26.0 Å². The monoisotopic (exact) mass is 413 g/mol. The molecule has 1 aromatic carbocycles. The summed E-state index contributed by atoms with van der Waals surface area (Å²) >= 11 is 0. The van der Waals surface area contributed by atoms with Crippen molar-refractivity contribution in [3.05, 3.63) is 29.8 Å². The van der Waals surface area contributed by atoms with E-state index in [1.807, 2.05) is 0 Å². The third-order valence-electron chi connectivity index (χ3n) is 4.38. The van der Waals surface area contributed by atoms with E-state index < -0.39 is 20.0 Å². The predicted octanol–water partition coefficient (Wildman–Crippen LogP) is -0.000500. The van der Waals surface area contributed by atoms with Gasteiger partial charge in [0.15, 0.2) is 0 Å². The molecule has 0 radical (unpaired) electrons. The first kappa shape index (κ1) is 21.4. The lowest BCUT2D eigenvalue weighted by atomic mass is 9.98. The highest BCUT2D eigenvalue weighted by Gasteiger charge is 2.25. The Morgan fingerprint density at radius 2 is 1.78 bits per heavy atom. The molecule has 0 saturated carbocycles. The van der Waals surface area contributed by atoms with Gasteiger partial charge < -0.3 is 5.32 Å². The third-order valence-corrected chi connectivity index (χ3v) is 7.11. The lowest BCUT2D eigenvalue weighted by molar-refractivity contribution is 0.0941. The van der Waals surface area contributed by atoms with Crippen LogP contribution >= 0.6 is 0 Å². The fraction of sp³-hybridized carbons (Fsp3) is 0.471. The average molecular weight is 414 g/mol. The zero-order valence-electron chi connectivity index (χ0n) is 15.0. The summed E-state index contributed by atoms with van der Waals surface area (Å²) in [5, 5.41) is 2.82. The third kappa shape index (κ3) is 6.04. The topological polar surface area (TPSA) is 113 Å². The molecule has 0 spiro atoms. The van der Waals surface area contributed by atoms with Crippen molar-refractivity contribution in [1.82, 2.24) is 14.3 Å². The number of nitrogens with one attached hydrogen (secondary N) is 2. The molecule has 1 aliphatic heterocycles. The van der Waals surface area contributed by atoms with E-state index in [0.717, 1.165) is 0 Å². The Morgan fingerprint density at radius 3 is 2.30 bits per heavy atom. The Balaban J connectivity index is 1.87. The first-order valence-corrected chi connectivity index (χ1v) is 11.7. The molecule has 0 aliphatic carbocycles. The number of carbonyl (C=O) groups is 1. The highest BCUT2D eigenvalue weighted by molar-refractivity contribution is 7.89. The zero-order chi connectivity index (χ0) is 20.1. The minimum atomic E-state index is -3.69. The number of hydrogen-bond acceptors (Lipinski definition) is 5. The maximum absolute atomic E-state index is 12.2. The second-order valence-electron chi connectivity index (χ2n) is 6.37. The van der Waals surface area contributed by atoms with Gasteiger partial charge in [-0.3, -0.25) is 4.79 Å². The SMILES string of the molecule is C#CCNS(=O)(=O)c1ccc(C(=O)NCC2CCN(S(C)(=O)=O)CC2)cc1. The predicted molar refractivity (Wildman–Crippen MR) is 102 cm³/mol. The number of terminal acetylenes is 1. The van der Waals surface area contributed by atoms with E-state index in [-0.39, 0.29) is 23.3 Å². The smallest absolute Gasteiger partial charge is 0.251 e. The van der Waals surface area contributed by atoms with Crippen LogP contribution in [0.1, 0.15) is 23.2 Å². The van der Waals surface area contributed by atoms with Gasteiger partial charge in [0.05, 0.1) is 17.7 Å². The number of benzene rings is 1. The second-order valence-corrected chi connectivity index (χ2v) is 10.1. The maximum Gasteiger partial charge on any atom is 0.251 e. The molecule has 0 unspecified atom stereocenters. The van der Waals surface area contributed by atoms with Crippen LogP contribution in [0.2, 0.25) is 0 Å². The summed E-state index contributed by atoms with van der Waals surface area (Å²) < 4.78 is 50.6. The molecule has 1 fully saturated rings. The van der Waals surface area contributed by atoms with Crippen LogP contribution in [0.3, 0.4) is 0 Å². The van der Waals surface area contributed by atoms with Gasteiger partial charge in [-0.2, -0.15) is 4.72 Å². The molecular formula is C17H23N3O5S2. The molecular weight excluding hydrogens is 390 g/mol. The molecule has 0 aromatic heterocycles. The average Bonchev–Trinajstić information content (AvgIpc) is 2.64. The van der Waals surface area contributed by atoms with Gasteiger partial charge in [-0.05, 0) is 43.0 Å². The summed E-state index contributed by atoms with van der Waals surface area (Å²) in [4.78, 5) is 12.3. The van der Waals surface area contributed by atoms with Crippen LogP contribution < -0.4 is 10.0 Å². The lowest BCUT2D eigenvalue weighted by Crippen LogP contribution is -2.41. The number of hydrogen-bond donors (Lipinski definition) is 2. The standard InChI is InChI=1S/C17H23N3O5S2/c1-3-10-19-27(24,25)16-6-4-15(5-7-16)17(21)18-13-14-8-11-20(12-9-14)26(2,22)23/h1,4-7,14,19H,8-13H2,2H3,(H,18,21). The van der Waals surface area contributed by atoms with Gasteiger partial charge in [0.1, 0.15) is 0 Å². The molecule has 1 aliphatic rings. The highest BCUT2D eigenvalue weighted by Crippen LogP contribution is 2.18. The molecule has 148 valence electrons. The van der Waals surface area contributed by atoms with E-state index in [4.69, 9.17) is 6.42 Å². The minimum Gasteiger partial charge on any atom is -0.352 e. The van der Waals surface area contributed by atoms with Crippen LogP contribution in [0.4, 0.5) is 0 Å². The molecule has 0 bridgehead atoms. The van der Waals surface area contributed by atoms with Gasteiger partial charge in [0.25, 0.3) is 5.91 Å². The number of sulfonamides is 2. The van der Waals surface area contributed by atoms with E-state index in [9.17, 15) is 21.6 Å². The van der Waals surface area contributed by atoms with Gasteiger partial charge in [-0.1, -0.05) is 5.92 Å². The second kappa shape index (κ2) is 8.84. The quantitative estimate of drug-likeness (QED) is 0.611. The van der Waals surface area contributed by atoms with Gasteiger partial charge in [0.2, 0.25) is 20.0 Å². The van der Waals surface area contributed by atoms with Crippen LogP contribution in [0.5, 0.6) is 0 Å². The first-order chi connectivity index (χ1) is 12.6. The van der Waals surface area contributed by atoms with Crippen molar-refractivity contribution in [3.8, 4) is 12.3 Å². The maximum atomic E-state index is 12.2. The Kier molecular flexibility index (Phi) is 7.00. The van der Waals surface area contributed by atoms with Gasteiger partial charge in [-0.25, -0.2) is 21.1 Å². The summed E-state index contributed by atoms with van der Waals surface area (Å²) in [6, 6.07) is 5.56. The molecule has 2 N–H and O–H groups in total. The van der Waals surface area contributed by atoms with Crippen LogP contribution in [-0.2, 0) is 20.0 Å². The number of amides is 1. The molecule has 27 heavy (non-hydrogen) atoms. The Morgan fingerprint density at radius 1 is 1.19 bits per heavy atom. The van der Waals surface area contributed by atoms with E-state index in [1.54, 1.807) is 0 Å². The fourth-order valence-corrected chi connectivity index (χ4v) is 4.60. The Hall–Kier alpha value is -1.93. The molecule has 1 aromatic rings. The lowest BCUT2D eigenvalue weighted by Gasteiger charge is -2.30.